The maximum atomic E-state index is 9.87. The third kappa shape index (κ3) is 0.330. The molecule has 0 atom stereocenters. The molecule has 0 bridgehead atoms. The Balaban J connectivity index is 2.79. The molecule has 0 saturated heterocycles. The molecule has 0 spiro atoms. The van der Waals surface area contributed by atoms with Gasteiger partial charge < -0.3 is 4.74 Å². The smallest absolute Gasteiger partial charge is 0.344 e. The van der Waals surface area contributed by atoms with Crippen molar-refractivity contribution in [2.75, 3.05) is 0 Å². The molecular formula is C4H2O2. The maximum Gasteiger partial charge on any atom is 0.344 e. The molecule has 0 aromatic carbocycles. The van der Waals surface area contributed by atoms with Crippen molar-refractivity contribution in [1.82, 2.24) is 0 Å². The van der Waals surface area contributed by atoms with E-state index in [1.54, 1.807) is 0 Å². The lowest BCUT2D eigenvalue weighted by atomic mass is 10.7. The second-order valence-electron chi connectivity index (χ2n) is 0.866. The quantitative estimate of drug-likeness (QED) is 0.308. The van der Waals surface area contributed by atoms with Crippen molar-refractivity contribution in [3.8, 4) is 0 Å². The Morgan fingerprint density at radius 2 is 2.67 bits per heavy atom. The number of esters is 1. The molecule has 2 nitrogen and oxygen atoms in total. The van der Waals surface area contributed by atoms with E-state index >= 15 is 0 Å². The van der Waals surface area contributed by atoms with Gasteiger partial charge in [0.05, 0.1) is 6.08 Å². The highest BCUT2D eigenvalue weighted by atomic mass is 16.5. The van der Waals surface area contributed by atoms with Crippen LogP contribution in [-0.2, 0) is 9.53 Å². The van der Waals surface area contributed by atoms with Gasteiger partial charge in [0.2, 0.25) is 0 Å². The maximum absolute atomic E-state index is 9.87. The molecule has 0 N–H and O–H groups in total. The number of hydrogen-bond donors (Lipinski definition) is 0. The van der Waals surface area contributed by atoms with E-state index < -0.39 is 0 Å². The van der Waals surface area contributed by atoms with Crippen molar-refractivity contribution < 1.29 is 9.53 Å². The van der Waals surface area contributed by atoms with E-state index in [9.17, 15) is 4.79 Å². The summed E-state index contributed by atoms with van der Waals surface area (Å²) < 4.78 is 4.22. The molecular weight excluding hydrogens is 80.0 g/mol. The number of rotatable bonds is 0. The first-order chi connectivity index (χ1) is 2.89. The third-order valence-electron chi connectivity index (χ3n) is 0.444. The summed E-state index contributed by atoms with van der Waals surface area (Å²) in [5.74, 6) is -0.338. The molecule has 0 amide bonds. The summed E-state index contributed by atoms with van der Waals surface area (Å²) >= 11 is 0. The topological polar surface area (TPSA) is 26.3 Å². The van der Waals surface area contributed by atoms with Crippen LogP contribution < -0.4 is 0 Å². The molecule has 0 aromatic heterocycles. The van der Waals surface area contributed by atoms with Crippen LogP contribution in [0, 0.1) is 0 Å². The van der Waals surface area contributed by atoms with Crippen LogP contribution in [0.15, 0.2) is 18.1 Å². The van der Waals surface area contributed by atoms with Crippen molar-refractivity contribution in [3.05, 3.63) is 18.1 Å². The SMILES string of the molecule is O=C1C=C=CO1. The van der Waals surface area contributed by atoms with E-state index in [1.807, 2.05) is 0 Å². The van der Waals surface area contributed by atoms with Crippen LogP contribution in [-0.4, -0.2) is 5.97 Å². The van der Waals surface area contributed by atoms with E-state index in [4.69, 9.17) is 0 Å². The molecule has 2 heteroatoms. The van der Waals surface area contributed by atoms with Gasteiger partial charge in [-0.1, -0.05) is 5.73 Å². The van der Waals surface area contributed by atoms with Crippen LogP contribution in [0.25, 0.3) is 0 Å². The predicted molar refractivity (Wildman–Crippen MR) is 18.7 cm³/mol. The molecule has 0 radical (unpaired) electrons. The minimum atomic E-state index is -0.338. The van der Waals surface area contributed by atoms with Gasteiger partial charge in [0.25, 0.3) is 0 Å². The van der Waals surface area contributed by atoms with Gasteiger partial charge in [-0.3, -0.25) is 0 Å². The van der Waals surface area contributed by atoms with E-state index in [0.29, 0.717) is 0 Å². The summed E-state index contributed by atoms with van der Waals surface area (Å²) in [6, 6.07) is 0. The fourth-order valence-electron chi connectivity index (χ4n) is 0.228. The van der Waals surface area contributed by atoms with Crippen LogP contribution in [0.3, 0.4) is 0 Å². The van der Waals surface area contributed by atoms with Gasteiger partial charge in [-0.25, -0.2) is 4.79 Å². The molecule has 1 rings (SSSR count). The highest BCUT2D eigenvalue weighted by Gasteiger charge is 1.93. The number of hydrogen-bond acceptors (Lipinski definition) is 2. The van der Waals surface area contributed by atoms with Crippen LogP contribution >= 0.6 is 0 Å². The van der Waals surface area contributed by atoms with E-state index in [2.05, 4.69) is 10.5 Å². The van der Waals surface area contributed by atoms with Crippen molar-refractivity contribution in [1.29, 1.82) is 0 Å². The normalized spacial score (nSPS) is 15.7. The van der Waals surface area contributed by atoms with Crippen molar-refractivity contribution in [2.45, 2.75) is 0 Å². The third-order valence-corrected chi connectivity index (χ3v) is 0.444. The molecule has 1 aliphatic rings. The van der Waals surface area contributed by atoms with Gasteiger partial charge in [0, 0.05) is 0 Å². The van der Waals surface area contributed by atoms with Crippen LogP contribution in [0.2, 0.25) is 0 Å². The number of carbonyl (C=O) groups is 1. The van der Waals surface area contributed by atoms with E-state index in [0.717, 1.165) is 0 Å². The molecule has 1 aliphatic heterocycles. The van der Waals surface area contributed by atoms with Crippen molar-refractivity contribution >= 4 is 5.97 Å². The fourth-order valence-corrected chi connectivity index (χ4v) is 0.228. The van der Waals surface area contributed by atoms with Gasteiger partial charge in [-0.05, 0) is 0 Å². The highest BCUT2D eigenvalue weighted by molar-refractivity contribution is 5.83. The number of ether oxygens (including phenoxy) is 1. The zero-order chi connectivity index (χ0) is 4.41. The van der Waals surface area contributed by atoms with Gasteiger partial charge in [0.15, 0.2) is 0 Å². The number of carbonyl (C=O) groups excluding carboxylic acids is 1. The summed E-state index contributed by atoms with van der Waals surface area (Å²) in [6.07, 6.45) is 2.46. The summed E-state index contributed by atoms with van der Waals surface area (Å²) in [5.41, 5.74) is 2.45. The van der Waals surface area contributed by atoms with Gasteiger partial charge in [0.1, 0.15) is 6.26 Å². The first-order valence-electron chi connectivity index (χ1n) is 1.51. The number of cyclic esters (lactones) is 1. The molecule has 0 aromatic rings. The Labute approximate surface area is 34.7 Å². The highest BCUT2D eigenvalue weighted by Crippen LogP contribution is 1.86. The van der Waals surface area contributed by atoms with Gasteiger partial charge >= 0.3 is 5.97 Å². The summed E-state index contributed by atoms with van der Waals surface area (Å²) in [7, 11) is 0. The Bertz CT molecular complexity index is 128. The van der Waals surface area contributed by atoms with Gasteiger partial charge in [-0.2, -0.15) is 0 Å². The summed E-state index contributed by atoms with van der Waals surface area (Å²) in [4.78, 5) is 9.87. The van der Waals surface area contributed by atoms with E-state index in [1.165, 1.54) is 12.3 Å². The predicted octanol–water partition coefficient (Wildman–Crippen LogP) is 0.212. The minimum absolute atomic E-state index is 0.338. The zero-order valence-corrected chi connectivity index (χ0v) is 2.97. The lowest BCUT2D eigenvalue weighted by Gasteiger charge is -1.76. The zero-order valence-electron chi connectivity index (χ0n) is 2.97. The second kappa shape index (κ2) is 0.994. The summed E-state index contributed by atoms with van der Waals surface area (Å²) in [6.45, 7) is 0. The fraction of sp³-hybridized carbons (Fsp3) is 0. The molecule has 0 unspecified atom stereocenters. The summed E-state index contributed by atoms with van der Waals surface area (Å²) in [5, 5.41) is 0. The Hall–Kier alpha value is -1.01. The molecule has 0 fully saturated rings. The minimum Gasteiger partial charge on any atom is -0.422 e. The van der Waals surface area contributed by atoms with Crippen LogP contribution in [0.4, 0.5) is 0 Å². The molecule has 30 valence electrons. The monoisotopic (exact) mass is 82.0 g/mol. The second-order valence-corrected chi connectivity index (χ2v) is 0.866. The Kier molecular flexibility index (Phi) is 0.529. The van der Waals surface area contributed by atoms with E-state index in [-0.39, 0.29) is 5.97 Å². The molecule has 6 heavy (non-hydrogen) atoms. The first-order valence-corrected chi connectivity index (χ1v) is 1.51. The first kappa shape index (κ1) is 3.19. The van der Waals surface area contributed by atoms with Crippen molar-refractivity contribution in [2.24, 2.45) is 0 Å². The standard InChI is InChI=1S/C4H2O2/c5-4-2-1-3-6-4/h2-3H. The Morgan fingerprint density at radius 1 is 1.83 bits per heavy atom. The molecule has 0 saturated carbocycles. The lowest BCUT2D eigenvalue weighted by Crippen LogP contribution is -1.85. The largest absolute Gasteiger partial charge is 0.422 e. The Morgan fingerprint density at radius 3 is 2.83 bits per heavy atom. The average Bonchev–Trinajstić information content (AvgIpc) is 1.86. The van der Waals surface area contributed by atoms with Gasteiger partial charge in [-0.15, -0.1) is 0 Å². The molecule has 1 heterocycles. The average molecular weight is 82.1 g/mol. The molecule has 0 aliphatic carbocycles. The lowest BCUT2D eigenvalue weighted by molar-refractivity contribution is -0.131. The van der Waals surface area contributed by atoms with Crippen molar-refractivity contribution in [3.63, 3.8) is 0 Å². The van der Waals surface area contributed by atoms with Crippen LogP contribution in [0.1, 0.15) is 0 Å². The van der Waals surface area contributed by atoms with Crippen LogP contribution in [0.5, 0.6) is 0 Å².